The molecule has 0 bridgehead atoms. The second-order valence-electron chi connectivity index (χ2n) is 6.64. The monoisotopic (exact) mass is 345 g/mol. The summed E-state index contributed by atoms with van der Waals surface area (Å²) in [6, 6.07) is 6.89. The van der Waals surface area contributed by atoms with Crippen molar-refractivity contribution in [2.24, 2.45) is 0 Å². The molecule has 0 saturated carbocycles. The molecule has 0 unspecified atom stereocenters. The van der Waals surface area contributed by atoms with E-state index in [4.69, 9.17) is 0 Å². The van der Waals surface area contributed by atoms with Crippen molar-refractivity contribution >= 4 is 28.8 Å². The number of carbonyl (C=O) groups excluding carboxylic acids is 2. The van der Waals surface area contributed by atoms with E-state index in [9.17, 15) is 9.59 Å². The number of aromatic nitrogens is 1. The van der Waals surface area contributed by atoms with E-state index in [1.54, 1.807) is 35.6 Å². The number of rotatable bonds is 5. The molecule has 0 aliphatic carbocycles. The third kappa shape index (κ3) is 5.16. The highest BCUT2D eigenvalue weighted by Gasteiger charge is 2.17. The maximum Gasteiger partial charge on any atom is 0.251 e. The van der Waals surface area contributed by atoms with Gasteiger partial charge in [0.1, 0.15) is 0 Å². The topological polar surface area (TPSA) is 71.1 Å². The summed E-state index contributed by atoms with van der Waals surface area (Å²) >= 11 is 1.62. The lowest BCUT2D eigenvalue weighted by Gasteiger charge is -2.14. The van der Waals surface area contributed by atoms with Crippen LogP contribution in [0.4, 0.5) is 5.69 Å². The molecule has 6 heteroatoms. The normalized spacial score (nSPS) is 11.2. The number of anilines is 1. The highest BCUT2D eigenvalue weighted by molar-refractivity contribution is 7.09. The Morgan fingerprint density at radius 3 is 2.62 bits per heavy atom. The molecule has 0 radical (unpaired) electrons. The second kappa shape index (κ2) is 7.57. The Morgan fingerprint density at radius 2 is 2.00 bits per heavy atom. The van der Waals surface area contributed by atoms with Crippen molar-refractivity contribution in [1.82, 2.24) is 10.3 Å². The summed E-state index contributed by atoms with van der Waals surface area (Å²) in [6.07, 6.45) is 0.706. The molecule has 1 heterocycles. The molecule has 0 aliphatic rings. The van der Waals surface area contributed by atoms with Crippen molar-refractivity contribution in [3.8, 4) is 0 Å². The van der Waals surface area contributed by atoms with Crippen LogP contribution in [0.2, 0.25) is 0 Å². The van der Waals surface area contributed by atoms with Crippen molar-refractivity contribution in [2.75, 3.05) is 11.9 Å². The lowest BCUT2D eigenvalue weighted by molar-refractivity contribution is -0.114. The van der Waals surface area contributed by atoms with Crippen LogP contribution in [0.15, 0.2) is 29.6 Å². The highest BCUT2D eigenvalue weighted by atomic mass is 32.1. The number of nitrogens with zero attached hydrogens (tertiary/aromatic N) is 1. The second-order valence-corrected chi connectivity index (χ2v) is 7.59. The molecule has 0 fully saturated rings. The van der Waals surface area contributed by atoms with E-state index in [1.807, 2.05) is 0 Å². The zero-order valence-corrected chi connectivity index (χ0v) is 15.3. The predicted octanol–water partition coefficient (Wildman–Crippen LogP) is 3.37. The fourth-order valence-electron chi connectivity index (χ4n) is 2.10. The van der Waals surface area contributed by atoms with Crippen molar-refractivity contribution in [3.05, 3.63) is 45.9 Å². The van der Waals surface area contributed by atoms with Gasteiger partial charge in [0.25, 0.3) is 5.91 Å². The molecule has 24 heavy (non-hydrogen) atoms. The molecule has 0 aliphatic heterocycles. The summed E-state index contributed by atoms with van der Waals surface area (Å²) in [4.78, 5) is 27.9. The van der Waals surface area contributed by atoms with Crippen LogP contribution in [0.3, 0.4) is 0 Å². The lowest BCUT2D eigenvalue weighted by atomic mass is 9.93. The molecule has 1 aromatic heterocycles. The predicted molar refractivity (Wildman–Crippen MR) is 97.6 cm³/mol. The highest BCUT2D eigenvalue weighted by Crippen LogP contribution is 2.23. The van der Waals surface area contributed by atoms with E-state index in [2.05, 4.69) is 41.8 Å². The van der Waals surface area contributed by atoms with Crippen LogP contribution < -0.4 is 10.6 Å². The van der Waals surface area contributed by atoms with Gasteiger partial charge in [-0.3, -0.25) is 9.59 Å². The van der Waals surface area contributed by atoms with E-state index in [0.717, 1.165) is 10.7 Å². The molecule has 0 atom stereocenters. The van der Waals surface area contributed by atoms with Crippen LogP contribution in [0, 0.1) is 0 Å². The Morgan fingerprint density at radius 1 is 1.25 bits per heavy atom. The van der Waals surface area contributed by atoms with Gasteiger partial charge in [-0.2, -0.15) is 0 Å². The molecule has 2 aromatic rings. The number of carbonyl (C=O) groups is 2. The smallest absolute Gasteiger partial charge is 0.251 e. The van der Waals surface area contributed by atoms with Crippen molar-refractivity contribution in [1.29, 1.82) is 0 Å². The van der Waals surface area contributed by atoms with Gasteiger partial charge in [0, 0.05) is 41.9 Å². The van der Waals surface area contributed by atoms with Crippen molar-refractivity contribution in [2.45, 2.75) is 39.5 Å². The van der Waals surface area contributed by atoms with Crippen molar-refractivity contribution < 1.29 is 9.59 Å². The number of amides is 2. The lowest BCUT2D eigenvalue weighted by Crippen LogP contribution is -2.25. The molecule has 2 N–H and O–H groups in total. The SMILES string of the molecule is CC(=O)Nc1cccc(C(=O)NCCc2nc(C(C)(C)C)cs2)c1. The van der Waals surface area contributed by atoms with Gasteiger partial charge in [0.15, 0.2) is 0 Å². The first-order chi connectivity index (χ1) is 11.3. The van der Waals surface area contributed by atoms with E-state index >= 15 is 0 Å². The Hall–Kier alpha value is -2.21. The minimum absolute atomic E-state index is 0.0438. The molecule has 1 aromatic carbocycles. The molecule has 5 nitrogen and oxygen atoms in total. The van der Waals surface area contributed by atoms with Gasteiger partial charge in [-0.15, -0.1) is 11.3 Å². The Labute approximate surface area is 146 Å². The molecule has 128 valence electrons. The van der Waals surface area contributed by atoms with Crippen LogP contribution in [0.1, 0.15) is 48.8 Å². The molecular weight excluding hydrogens is 322 g/mol. The van der Waals surface area contributed by atoms with E-state index in [0.29, 0.717) is 24.2 Å². The summed E-state index contributed by atoms with van der Waals surface area (Å²) in [5, 5.41) is 8.66. The summed E-state index contributed by atoms with van der Waals surface area (Å²) in [5.41, 5.74) is 2.26. The Bertz CT molecular complexity index is 732. The van der Waals surface area contributed by atoms with Crippen LogP contribution in [0.5, 0.6) is 0 Å². The number of nitrogens with one attached hydrogen (secondary N) is 2. The molecule has 0 saturated heterocycles. The Balaban J connectivity index is 1.89. The average Bonchev–Trinajstić information content (AvgIpc) is 2.95. The summed E-state index contributed by atoms with van der Waals surface area (Å²) in [7, 11) is 0. The summed E-state index contributed by atoms with van der Waals surface area (Å²) in [6.45, 7) is 8.37. The third-order valence-corrected chi connectivity index (χ3v) is 4.30. The first-order valence-corrected chi connectivity index (χ1v) is 8.74. The number of hydrogen-bond donors (Lipinski definition) is 2. The molecular formula is C18H23N3O2S. The molecule has 0 spiro atoms. The largest absolute Gasteiger partial charge is 0.352 e. The minimum atomic E-state index is -0.161. The fraction of sp³-hybridized carbons (Fsp3) is 0.389. The van der Waals surface area contributed by atoms with Gasteiger partial charge in [-0.1, -0.05) is 26.8 Å². The zero-order valence-electron chi connectivity index (χ0n) is 14.5. The number of benzene rings is 1. The van der Waals surface area contributed by atoms with E-state index in [-0.39, 0.29) is 17.2 Å². The van der Waals surface area contributed by atoms with Gasteiger partial charge in [0.2, 0.25) is 5.91 Å². The maximum absolute atomic E-state index is 12.2. The van der Waals surface area contributed by atoms with E-state index in [1.165, 1.54) is 6.92 Å². The van der Waals surface area contributed by atoms with Crippen LogP contribution in [-0.2, 0) is 16.6 Å². The third-order valence-electron chi connectivity index (χ3n) is 3.39. The van der Waals surface area contributed by atoms with Crippen LogP contribution >= 0.6 is 11.3 Å². The quantitative estimate of drug-likeness (QED) is 0.873. The van der Waals surface area contributed by atoms with Crippen LogP contribution in [0.25, 0.3) is 0 Å². The zero-order chi connectivity index (χ0) is 17.7. The average molecular weight is 345 g/mol. The standard InChI is InChI=1S/C18H23N3O2S/c1-12(22)20-14-7-5-6-13(10-14)17(23)19-9-8-16-21-15(11-24-16)18(2,3)4/h5-7,10-11H,8-9H2,1-4H3,(H,19,23)(H,20,22). The molecule has 2 rings (SSSR count). The fourth-order valence-corrected chi connectivity index (χ4v) is 3.12. The van der Waals surface area contributed by atoms with Gasteiger partial charge < -0.3 is 10.6 Å². The first kappa shape index (κ1) is 18.1. The van der Waals surface area contributed by atoms with Gasteiger partial charge in [-0.25, -0.2) is 4.98 Å². The van der Waals surface area contributed by atoms with Crippen molar-refractivity contribution in [3.63, 3.8) is 0 Å². The van der Waals surface area contributed by atoms with Gasteiger partial charge in [-0.05, 0) is 18.2 Å². The summed E-state index contributed by atoms with van der Waals surface area (Å²) in [5.74, 6) is -0.319. The van der Waals surface area contributed by atoms with Gasteiger partial charge >= 0.3 is 0 Å². The Kier molecular flexibility index (Phi) is 5.72. The summed E-state index contributed by atoms with van der Waals surface area (Å²) < 4.78 is 0. The molecule has 2 amide bonds. The number of hydrogen-bond acceptors (Lipinski definition) is 4. The van der Waals surface area contributed by atoms with Gasteiger partial charge in [0.05, 0.1) is 10.7 Å². The van der Waals surface area contributed by atoms with E-state index < -0.39 is 0 Å². The number of thiazole rings is 1. The van der Waals surface area contributed by atoms with Crippen LogP contribution in [-0.4, -0.2) is 23.3 Å². The first-order valence-electron chi connectivity index (χ1n) is 7.86. The maximum atomic E-state index is 12.2. The minimum Gasteiger partial charge on any atom is -0.352 e.